The van der Waals surface area contributed by atoms with Gasteiger partial charge in [-0.05, 0) is 55.9 Å². The van der Waals surface area contributed by atoms with Crippen LogP contribution in [-0.2, 0) is 0 Å². The maximum Gasteiger partial charge on any atom is 0.320 e. The van der Waals surface area contributed by atoms with E-state index in [1.807, 2.05) is 0 Å². The number of hydrogen-bond donors (Lipinski definition) is 3. The number of benzene rings is 1. The molecule has 0 spiro atoms. The smallest absolute Gasteiger partial charge is 0.320 e. The lowest BCUT2D eigenvalue weighted by Gasteiger charge is -2.39. The quantitative estimate of drug-likeness (QED) is 0.751. The van der Waals surface area contributed by atoms with E-state index in [-0.39, 0.29) is 11.8 Å². The van der Waals surface area contributed by atoms with E-state index in [1.165, 1.54) is 24.3 Å². The van der Waals surface area contributed by atoms with Gasteiger partial charge in [0.15, 0.2) is 0 Å². The average Bonchev–Trinajstić information content (AvgIpc) is 2.44. The lowest BCUT2D eigenvalue weighted by molar-refractivity contribution is 0.227. The summed E-state index contributed by atoms with van der Waals surface area (Å²) >= 11 is 5.15. The second kappa shape index (κ2) is 6.39. The van der Waals surface area contributed by atoms with Gasteiger partial charge in [0.05, 0.1) is 10.5 Å². The zero-order valence-corrected chi connectivity index (χ0v) is 12.8. The van der Waals surface area contributed by atoms with Crippen molar-refractivity contribution >= 4 is 28.9 Å². The molecular weight excluding hydrogens is 289 g/mol. The van der Waals surface area contributed by atoms with Crippen molar-refractivity contribution in [3.8, 4) is 0 Å². The van der Waals surface area contributed by atoms with Crippen molar-refractivity contribution in [2.45, 2.75) is 38.1 Å². The Hall–Kier alpha value is -1.69. The minimum Gasteiger partial charge on any atom is -0.391 e. The Kier molecular flexibility index (Phi) is 4.77. The van der Waals surface area contributed by atoms with Gasteiger partial charge in [-0.2, -0.15) is 0 Å². The monoisotopic (exact) mass is 309 g/mol. The summed E-state index contributed by atoms with van der Waals surface area (Å²) in [5.74, 6) is 0.274. The van der Waals surface area contributed by atoms with Crippen LogP contribution in [0.25, 0.3) is 0 Å². The summed E-state index contributed by atoms with van der Waals surface area (Å²) in [7, 11) is 0. The molecule has 114 valence electrons. The lowest BCUT2D eigenvalue weighted by atomic mass is 9.77. The average molecular weight is 309 g/mol. The highest BCUT2D eigenvalue weighted by Gasteiger charge is 2.38. The molecule has 4 N–H and O–H groups in total. The summed E-state index contributed by atoms with van der Waals surface area (Å²) < 4.78 is 12.8. The first-order chi connectivity index (χ1) is 9.91. The van der Waals surface area contributed by atoms with E-state index >= 15 is 0 Å². The van der Waals surface area contributed by atoms with Crippen LogP contribution >= 0.6 is 12.2 Å². The third kappa shape index (κ3) is 3.91. The second-order valence-electron chi connectivity index (χ2n) is 5.71. The maximum atomic E-state index is 12.8. The Morgan fingerprint density at radius 3 is 2.43 bits per heavy atom. The molecule has 0 radical (unpaired) electrons. The Bertz CT molecular complexity index is 524. The van der Waals surface area contributed by atoms with Crippen LogP contribution in [0.2, 0.25) is 0 Å². The molecule has 4 nitrogen and oxygen atoms in total. The molecule has 0 bridgehead atoms. The van der Waals surface area contributed by atoms with E-state index in [9.17, 15) is 9.18 Å². The van der Waals surface area contributed by atoms with E-state index in [0.29, 0.717) is 16.6 Å². The number of amides is 2. The van der Waals surface area contributed by atoms with Crippen LogP contribution < -0.4 is 16.4 Å². The molecule has 21 heavy (non-hydrogen) atoms. The fourth-order valence-corrected chi connectivity index (χ4v) is 2.86. The molecule has 0 aromatic heterocycles. The van der Waals surface area contributed by atoms with Gasteiger partial charge in [0, 0.05) is 5.69 Å². The highest BCUT2D eigenvalue weighted by molar-refractivity contribution is 7.80. The van der Waals surface area contributed by atoms with Crippen LogP contribution in [0.3, 0.4) is 0 Å². The zero-order valence-electron chi connectivity index (χ0n) is 12.0. The molecule has 0 heterocycles. The highest BCUT2D eigenvalue weighted by atomic mass is 32.1. The first-order valence-electron chi connectivity index (χ1n) is 7.06. The second-order valence-corrected chi connectivity index (χ2v) is 6.15. The number of thiocarbonyl (C=S) groups is 1. The van der Waals surface area contributed by atoms with Gasteiger partial charge in [0.2, 0.25) is 0 Å². The number of urea groups is 1. The third-order valence-corrected chi connectivity index (χ3v) is 4.45. The summed E-state index contributed by atoms with van der Waals surface area (Å²) in [6, 6.07) is 5.22. The van der Waals surface area contributed by atoms with Gasteiger partial charge in [-0.3, -0.25) is 0 Å². The fourth-order valence-electron chi connectivity index (χ4n) is 2.60. The molecule has 0 atom stereocenters. The summed E-state index contributed by atoms with van der Waals surface area (Å²) in [5.41, 5.74) is 5.75. The summed E-state index contributed by atoms with van der Waals surface area (Å²) in [5, 5.41) is 5.58. The SMILES string of the molecule is CC1CCC(NC(=O)Nc2ccc(F)cc2)(C(N)=S)CC1. The molecule has 1 fully saturated rings. The van der Waals surface area contributed by atoms with E-state index in [0.717, 1.165) is 25.7 Å². The molecule has 0 aliphatic heterocycles. The number of nitrogens with one attached hydrogen (secondary N) is 2. The van der Waals surface area contributed by atoms with Crippen LogP contribution in [0, 0.1) is 11.7 Å². The number of carbonyl (C=O) groups excluding carboxylic acids is 1. The number of carbonyl (C=O) groups is 1. The molecule has 0 saturated heterocycles. The fraction of sp³-hybridized carbons (Fsp3) is 0.467. The Morgan fingerprint density at radius 1 is 1.33 bits per heavy atom. The number of nitrogens with two attached hydrogens (primary N) is 1. The van der Waals surface area contributed by atoms with Crippen molar-refractivity contribution in [2.75, 3.05) is 5.32 Å². The topological polar surface area (TPSA) is 67.2 Å². The molecule has 0 unspecified atom stereocenters. The minimum atomic E-state index is -0.619. The molecule has 6 heteroatoms. The molecule has 2 rings (SSSR count). The molecule has 1 aliphatic carbocycles. The Labute approximate surface area is 129 Å². The number of rotatable bonds is 3. The molecule has 1 aromatic rings. The predicted molar refractivity (Wildman–Crippen MR) is 85.7 cm³/mol. The largest absolute Gasteiger partial charge is 0.391 e. The maximum absolute atomic E-state index is 12.8. The van der Waals surface area contributed by atoms with Crippen LogP contribution in [0.5, 0.6) is 0 Å². The van der Waals surface area contributed by atoms with Crippen molar-refractivity contribution in [2.24, 2.45) is 11.7 Å². The van der Waals surface area contributed by atoms with E-state index in [1.54, 1.807) is 0 Å². The van der Waals surface area contributed by atoms with Gasteiger partial charge in [-0.15, -0.1) is 0 Å². The molecule has 1 aliphatic rings. The molecule has 2 amide bonds. The first kappa shape index (κ1) is 15.7. The van der Waals surface area contributed by atoms with Crippen LogP contribution in [0.4, 0.5) is 14.9 Å². The van der Waals surface area contributed by atoms with Crippen LogP contribution in [0.1, 0.15) is 32.6 Å². The van der Waals surface area contributed by atoms with E-state index in [4.69, 9.17) is 18.0 Å². The van der Waals surface area contributed by atoms with E-state index in [2.05, 4.69) is 17.6 Å². The van der Waals surface area contributed by atoms with Gasteiger partial charge in [0.1, 0.15) is 5.82 Å². The summed E-state index contributed by atoms with van der Waals surface area (Å²) in [6.07, 6.45) is 3.46. The van der Waals surface area contributed by atoms with Gasteiger partial charge in [-0.1, -0.05) is 19.1 Å². The lowest BCUT2D eigenvalue weighted by Crippen LogP contribution is -2.59. The van der Waals surface area contributed by atoms with E-state index < -0.39 is 5.54 Å². The first-order valence-corrected chi connectivity index (χ1v) is 7.47. The normalized spacial score (nSPS) is 25.1. The third-order valence-electron chi connectivity index (χ3n) is 4.05. The molecule has 1 saturated carbocycles. The van der Waals surface area contributed by atoms with Gasteiger partial charge in [0.25, 0.3) is 0 Å². The van der Waals surface area contributed by atoms with Crippen LogP contribution in [0.15, 0.2) is 24.3 Å². The minimum absolute atomic E-state index is 0.323. The van der Waals surface area contributed by atoms with Crippen molar-refractivity contribution in [3.63, 3.8) is 0 Å². The van der Waals surface area contributed by atoms with Crippen molar-refractivity contribution < 1.29 is 9.18 Å². The standard InChI is InChI=1S/C15H20FN3OS/c1-10-6-8-15(9-7-10,13(17)21)19-14(20)18-12-4-2-11(16)3-5-12/h2-5,10H,6-9H2,1H3,(H2,17,21)(H2,18,19,20). The number of hydrogen-bond acceptors (Lipinski definition) is 2. The van der Waals surface area contributed by atoms with Crippen molar-refractivity contribution in [3.05, 3.63) is 30.1 Å². The number of anilines is 1. The van der Waals surface area contributed by atoms with Gasteiger partial charge < -0.3 is 16.4 Å². The number of halogens is 1. The molecular formula is C15H20FN3OS. The van der Waals surface area contributed by atoms with Crippen molar-refractivity contribution in [1.82, 2.24) is 5.32 Å². The zero-order chi connectivity index (χ0) is 15.5. The highest BCUT2D eigenvalue weighted by Crippen LogP contribution is 2.32. The Balaban J connectivity index is 2.02. The molecule has 1 aromatic carbocycles. The van der Waals surface area contributed by atoms with Crippen molar-refractivity contribution in [1.29, 1.82) is 0 Å². The predicted octanol–water partition coefficient (Wildman–Crippen LogP) is 3.18. The van der Waals surface area contributed by atoms with Crippen LogP contribution in [-0.4, -0.2) is 16.6 Å². The Morgan fingerprint density at radius 2 is 1.90 bits per heavy atom. The summed E-state index contributed by atoms with van der Waals surface area (Å²) in [4.78, 5) is 12.4. The van der Waals surface area contributed by atoms with Gasteiger partial charge in [-0.25, -0.2) is 9.18 Å². The summed E-state index contributed by atoms with van der Waals surface area (Å²) in [6.45, 7) is 2.18. The van der Waals surface area contributed by atoms with Gasteiger partial charge >= 0.3 is 6.03 Å².